The minimum absolute atomic E-state index is 0.712. The molecular weight excluding hydrogens is 783 g/mol. The van der Waals surface area contributed by atoms with Crippen LogP contribution in [0.25, 0.3) is 120 Å². The van der Waals surface area contributed by atoms with E-state index < -0.39 is 0 Å². The first kappa shape index (κ1) is 36.8. The summed E-state index contributed by atoms with van der Waals surface area (Å²) in [5.41, 5.74) is 15.0. The van der Waals surface area contributed by atoms with E-state index in [2.05, 4.69) is 188 Å². The third-order valence-corrected chi connectivity index (χ3v) is 13.2. The molecule has 0 N–H and O–H groups in total. The number of rotatable bonds is 7. The summed E-state index contributed by atoms with van der Waals surface area (Å²) < 4.78 is 2.61. The number of fused-ring (bicyclic) bond motifs is 7. The fourth-order valence-electron chi connectivity index (χ4n) is 8.94. The highest BCUT2D eigenvalue weighted by Gasteiger charge is 2.17. The van der Waals surface area contributed by atoms with Gasteiger partial charge in [0.1, 0.15) is 0 Å². The molecule has 12 aromatic rings. The maximum absolute atomic E-state index is 5.38. The van der Waals surface area contributed by atoms with Crippen LogP contribution in [0.3, 0.4) is 0 Å². The number of pyridine rings is 1. The highest BCUT2D eigenvalue weighted by Crippen LogP contribution is 2.44. The lowest BCUT2D eigenvalue weighted by Gasteiger charge is -2.13. The third kappa shape index (κ3) is 6.74. The average Bonchev–Trinajstić information content (AvgIpc) is 3.76. The van der Waals surface area contributed by atoms with Crippen molar-refractivity contribution in [3.05, 3.63) is 224 Å². The normalized spacial score (nSPS) is 11.5. The van der Waals surface area contributed by atoms with Crippen LogP contribution in [0, 0.1) is 0 Å². The van der Waals surface area contributed by atoms with Crippen LogP contribution in [0.1, 0.15) is 0 Å². The Morgan fingerprint density at radius 1 is 0.270 bits per heavy atom. The van der Waals surface area contributed by atoms with E-state index in [9.17, 15) is 0 Å². The largest absolute Gasteiger partial charge is 0.247 e. The van der Waals surface area contributed by atoms with Gasteiger partial charge in [0.25, 0.3) is 0 Å². The van der Waals surface area contributed by atoms with Crippen LogP contribution in [0.4, 0.5) is 0 Å². The van der Waals surface area contributed by atoms with E-state index in [0.29, 0.717) is 5.82 Å². The zero-order chi connectivity index (χ0) is 41.7. The minimum Gasteiger partial charge on any atom is -0.247 e. The van der Waals surface area contributed by atoms with Gasteiger partial charge in [0.2, 0.25) is 0 Å². The van der Waals surface area contributed by atoms with Gasteiger partial charge in [-0.1, -0.05) is 194 Å². The van der Waals surface area contributed by atoms with Gasteiger partial charge in [-0.25, -0.2) is 15.0 Å². The van der Waals surface area contributed by atoms with E-state index in [-0.39, 0.29) is 0 Å². The summed E-state index contributed by atoms with van der Waals surface area (Å²) in [6, 6.07) is 79.7. The second-order valence-electron chi connectivity index (χ2n) is 15.9. The van der Waals surface area contributed by atoms with Gasteiger partial charge in [0, 0.05) is 58.6 Å². The number of hydrogen-bond acceptors (Lipinski definition) is 4. The molecule has 3 nitrogen and oxygen atoms in total. The lowest BCUT2D eigenvalue weighted by Crippen LogP contribution is -1.96. The Morgan fingerprint density at radius 2 is 0.778 bits per heavy atom. The monoisotopic (exact) mass is 819 g/mol. The SMILES string of the molecule is c1ccc(-c2cc(-c3cccc(-c4ccc(-c5ccc(-c6ccc7c(c6)nc(-c6ccccc6)c6ccc8sc9ccccc9c8c67)cc5)cc4)c3)nc(-c3ccccc3)n2)cc1. The summed E-state index contributed by atoms with van der Waals surface area (Å²) in [6.07, 6.45) is 0. The molecule has 9 aromatic carbocycles. The van der Waals surface area contributed by atoms with Gasteiger partial charge >= 0.3 is 0 Å². The van der Waals surface area contributed by atoms with E-state index >= 15 is 0 Å². The molecule has 0 aliphatic rings. The van der Waals surface area contributed by atoms with Crippen LogP contribution in [-0.4, -0.2) is 15.0 Å². The van der Waals surface area contributed by atoms with Crippen molar-refractivity contribution in [2.24, 2.45) is 0 Å². The molecule has 0 spiro atoms. The van der Waals surface area contributed by atoms with Crippen molar-refractivity contribution in [3.63, 3.8) is 0 Å². The second-order valence-corrected chi connectivity index (χ2v) is 17.0. The molecule has 63 heavy (non-hydrogen) atoms. The van der Waals surface area contributed by atoms with Gasteiger partial charge in [-0.15, -0.1) is 11.3 Å². The van der Waals surface area contributed by atoms with Gasteiger partial charge < -0.3 is 0 Å². The number of benzene rings is 9. The van der Waals surface area contributed by atoms with E-state index in [4.69, 9.17) is 15.0 Å². The fourth-order valence-corrected chi connectivity index (χ4v) is 10.1. The molecule has 0 atom stereocenters. The molecule has 3 heterocycles. The number of hydrogen-bond donors (Lipinski definition) is 0. The fraction of sp³-hybridized carbons (Fsp3) is 0. The Hall–Kier alpha value is -8.05. The summed E-state index contributed by atoms with van der Waals surface area (Å²) in [5.74, 6) is 0.712. The van der Waals surface area contributed by atoms with Crippen LogP contribution < -0.4 is 0 Å². The van der Waals surface area contributed by atoms with Gasteiger partial charge in [0.15, 0.2) is 5.82 Å². The molecule has 294 valence electrons. The molecule has 0 radical (unpaired) electrons. The molecule has 4 heteroatoms. The number of thiophene rings is 1. The quantitative estimate of drug-likeness (QED) is 0.150. The summed E-state index contributed by atoms with van der Waals surface area (Å²) in [6.45, 7) is 0. The van der Waals surface area contributed by atoms with Crippen LogP contribution in [0.5, 0.6) is 0 Å². The van der Waals surface area contributed by atoms with E-state index in [1.54, 1.807) is 0 Å². The van der Waals surface area contributed by atoms with Crippen molar-refractivity contribution in [1.29, 1.82) is 0 Å². The Kier molecular flexibility index (Phi) is 9.02. The van der Waals surface area contributed by atoms with Crippen LogP contribution >= 0.6 is 11.3 Å². The molecule has 0 unspecified atom stereocenters. The first-order valence-corrected chi connectivity index (χ1v) is 22.1. The Morgan fingerprint density at radius 3 is 1.46 bits per heavy atom. The molecule has 0 aliphatic heterocycles. The first-order chi connectivity index (χ1) is 31.2. The average molecular weight is 820 g/mol. The van der Waals surface area contributed by atoms with Crippen molar-refractivity contribution in [2.45, 2.75) is 0 Å². The molecule has 0 saturated heterocycles. The highest BCUT2D eigenvalue weighted by molar-refractivity contribution is 7.26. The van der Waals surface area contributed by atoms with Gasteiger partial charge in [-0.2, -0.15) is 0 Å². The maximum Gasteiger partial charge on any atom is 0.160 e. The minimum atomic E-state index is 0.712. The van der Waals surface area contributed by atoms with E-state index in [1.165, 1.54) is 47.5 Å². The zero-order valence-electron chi connectivity index (χ0n) is 34.1. The third-order valence-electron chi connectivity index (χ3n) is 12.1. The van der Waals surface area contributed by atoms with Gasteiger partial charge in [-0.05, 0) is 63.7 Å². The van der Waals surface area contributed by atoms with Crippen LogP contribution in [-0.2, 0) is 0 Å². The number of aromatic nitrogens is 3. The molecule has 0 fully saturated rings. The predicted molar refractivity (Wildman–Crippen MR) is 266 cm³/mol. The lowest BCUT2D eigenvalue weighted by atomic mass is 9.94. The van der Waals surface area contributed by atoms with E-state index in [0.717, 1.165) is 67.1 Å². The summed E-state index contributed by atoms with van der Waals surface area (Å²) >= 11 is 1.86. The molecule has 12 rings (SSSR count). The smallest absolute Gasteiger partial charge is 0.160 e. The summed E-state index contributed by atoms with van der Waals surface area (Å²) in [7, 11) is 0. The summed E-state index contributed by atoms with van der Waals surface area (Å²) in [4.78, 5) is 15.4. The second kappa shape index (κ2) is 15.4. The molecule has 0 saturated carbocycles. The van der Waals surface area contributed by atoms with Crippen molar-refractivity contribution in [2.75, 3.05) is 0 Å². The molecular formula is C59H37N3S. The number of nitrogens with zero attached hydrogens (tertiary/aromatic N) is 3. The van der Waals surface area contributed by atoms with Gasteiger partial charge in [0.05, 0.1) is 22.6 Å². The van der Waals surface area contributed by atoms with Crippen molar-refractivity contribution >= 4 is 53.2 Å². The van der Waals surface area contributed by atoms with E-state index in [1.807, 2.05) is 47.7 Å². The lowest BCUT2D eigenvalue weighted by molar-refractivity contribution is 1.18. The maximum atomic E-state index is 5.38. The van der Waals surface area contributed by atoms with Crippen molar-refractivity contribution < 1.29 is 0 Å². The topological polar surface area (TPSA) is 38.7 Å². The molecule has 3 aromatic heterocycles. The summed E-state index contributed by atoms with van der Waals surface area (Å²) in [5, 5.41) is 6.24. The highest BCUT2D eigenvalue weighted by atomic mass is 32.1. The van der Waals surface area contributed by atoms with Crippen molar-refractivity contribution in [3.8, 4) is 78.5 Å². The Balaban J connectivity index is 0.864. The standard InChI is InChI=1S/C59H37N3S/c1-4-13-42(14-5-1)51-37-52(62-59(61-51)44-17-8-3-9-18-44)47-20-12-19-45(35-47)40-27-23-38(24-28-40)39-25-29-41(30-26-39)46-31-32-48-53(36-46)60-58(43-15-6-2-7-16-43)50-33-34-55-57(56(48)50)49-21-10-11-22-54(49)63-55/h1-37H. The van der Waals surface area contributed by atoms with Gasteiger partial charge in [-0.3, -0.25) is 0 Å². The van der Waals surface area contributed by atoms with Crippen LogP contribution in [0.2, 0.25) is 0 Å². The Labute approximate surface area is 369 Å². The predicted octanol–water partition coefficient (Wildman–Crippen LogP) is 16.2. The van der Waals surface area contributed by atoms with Crippen molar-refractivity contribution in [1.82, 2.24) is 15.0 Å². The molecule has 0 bridgehead atoms. The Bertz CT molecular complexity index is 3580. The first-order valence-electron chi connectivity index (χ1n) is 21.2. The molecule has 0 aliphatic carbocycles. The molecule has 0 amide bonds. The zero-order valence-corrected chi connectivity index (χ0v) is 34.9. The van der Waals surface area contributed by atoms with Crippen LogP contribution in [0.15, 0.2) is 224 Å².